The zero-order valence-corrected chi connectivity index (χ0v) is 10.5. The Hall–Kier alpha value is -1.19. The van der Waals surface area contributed by atoms with Crippen molar-refractivity contribution in [3.8, 4) is 0 Å². The van der Waals surface area contributed by atoms with Gasteiger partial charge in [-0.05, 0) is 36.1 Å². The van der Waals surface area contributed by atoms with Gasteiger partial charge in [-0.3, -0.25) is 4.90 Å². The summed E-state index contributed by atoms with van der Waals surface area (Å²) >= 11 is 0. The van der Waals surface area contributed by atoms with Gasteiger partial charge in [-0.2, -0.15) is 0 Å². The van der Waals surface area contributed by atoms with Crippen molar-refractivity contribution in [2.75, 3.05) is 26.2 Å². The lowest BCUT2D eigenvalue weighted by Crippen LogP contribution is -2.47. The summed E-state index contributed by atoms with van der Waals surface area (Å²) in [5, 5.41) is 3.38. The third-order valence-electron chi connectivity index (χ3n) is 3.92. The van der Waals surface area contributed by atoms with Crippen LogP contribution in [0.25, 0.3) is 5.57 Å². The van der Waals surface area contributed by atoms with E-state index in [1.807, 2.05) is 6.07 Å². The number of nitrogens with one attached hydrogen (secondary N) is 1. The van der Waals surface area contributed by atoms with E-state index in [1.54, 1.807) is 12.1 Å². The number of nitrogens with zero attached hydrogens (tertiary/aromatic N) is 1. The largest absolute Gasteiger partial charge is 0.314 e. The van der Waals surface area contributed by atoms with Gasteiger partial charge in [0.15, 0.2) is 0 Å². The van der Waals surface area contributed by atoms with Crippen molar-refractivity contribution in [1.29, 1.82) is 0 Å². The molecule has 1 unspecified atom stereocenters. The molecular formula is C15H19FN2. The first kappa shape index (κ1) is 11.9. The van der Waals surface area contributed by atoms with Crippen LogP contribution < -0.4 is 5.32 Å². The number of hydrogen-bond acceptors (Lipinski definition) is 2. The third kappa shape index (κ3) is 2.47. The molecular weight excluding hydrogens is 227 g/mol. The van der Waals surface area contributed by atoms with Gasteiger partial charge in [0.1, 0.15) is 5.82 Å². The van der Waals surface area contributed by atoms with Gasteiger partial charge in [0, 0.05) is 32.2 Å². The van der Waals surface area contributed by atoms with Crippen molar-refractivity contribution < 1.29 is 4.39 Å². The summed E-state index contributed by atoms with van der Waals surface area (Å²) in [7, 11) is 0. The van der Waals surface area contributed by atoms with Gasteiger partial charge in [0.2, 0.25) is 0 Å². The molecule has 1 aliphatic carbocycles. The minimum absolute atomic E-state index is 0.140. The van der Waals surface area contributed by atoms with Crippen molar-refractivity contribution in [2.24, 2.45) is 0 Å². The van der Waals surface area contributed by atoms with Crippen molar-refractivity contribution in [3.05, 3.63) is 41.7 Å². The van der Waals surface area contributed by atoms with Crippen LogP contribution >= 0.6 is 0 Å². The van der Waals surface area contributed by atoms with Crippen LogP contribution in [-0.2, 0) is 0 Å². The topological polar surface area (TPSA) is 15.3 Å². The van der Waals surface area contributed by atoms with Gasteiger partial charge in [-0.1, -0.05) is 18.2 Å². The van der Waals surface area contributed by atoms with Crippen molar-refractivity contribution in [3.63, 3.8) is 0 Å². The summed E-state index contributed by atoms with van der Waals surface area (Å²) in [5.41, 5.74) is 2.35. The van der Waals surface area contributed by atoms with Crippen LogP contribution in [0.2, 0.25) is 0 Å². The highest BCUT2D eigenvalue weighted by molar-refractivity contribution is 5.68. The molecule has 0 saturated carbocycles. The summed E-state index contributed by atoms with van der Waals surface area (Å²) < 4.78 is 13.2. The summed E-state index contributed by atoms with van der Waals surface area (Å²) in [6.07, 6.45) is 4.57. The lowest BCUT2D eigenvalue weighted by Gasteiger charge is -2.31. The molecule has 0 amide bonds. The monoisotopic (exact) mass is 246 g/mol. The highest BCUT2D eigenvalue weighted by Gasteiger charge is 2.23. The molecule has 0 spiro atoms. The third-order valence-corrected chi connectivity index (χ3v) is 3.92. The Bertz CT molecular complexity index is 450. The second kappa shape index (κ2) is 5.21. The van der Waals surface area contributed by atoms with Crippen molar-refractivity contribution in [2.45, 2.75) is 18.9 Å². The molecule has 0 aromatic heterocycles. The fourth-order valence-electron chi connectivity index (χ4n) is 2.93. The van der Waals surface area contributed by atoms with Crippen LogP contribution in [0.15, 0.2) is 30.3 Å². The molecule has 3 heteroatoms. The summed E-state index contributed by atoms with van der Waals surface area (Å²) in [6, 6.07) is 7.50. The second-order valence-electron chi connectivity index (χ2n) is 5.09. The molecule has 1 saturated heterocycles. The Morgan fingerprint density at radius 2 is 2.06 bits per heavy atom. The second-order valence-corrected chi connectivity index (χ2v) is 5.09. The Labute approximate surface area is 107 Å². The molecule has 1 atom stereocenters. The van der Waals surface area contributed by atoms with Gasteiger partial charge in [0.25, 0.3) is 0 Å². The smallest absolute Gasteiger partial charge is 0.123 e. The minimum Gasteiger partial charge on any atom is -0.314 e. The maximum atomic E-state index is 13.2. The van der Waals surface area contributed by atoms with E-state index in [0.717, 1.165) is 38.2 Å². The molecule has 2 aliphatic rings. The first-order chi connectivity index (χ1) is 8.83. The molecule has 1 aromatic rings. The van der Waals surface area contributed by atoms with Crippen LogP contribution in [0, 0.1) is 5.82 Å². The standard InChI is InChI=1S/C15H19FN2/c16-14-3-1-2-12(10-14)13-4-5-15(11-13)18-8-6-17-7-9-18/h1-3,10-11,15,17H,4-9H2. The number of benzene rings is 1. The summed E-state index contributed by atoms with van der Waals surface area (Å²) in [6.45, 7) is 4.41. The van der Waals surface area contributed by atoms with Crippen LogP contribution in [-0.4, -0.2) is 37.1 Å². The highest BCUT2D eigenvalue weighted by Crippen LogP contribution is 2.30. The van der Waals surface area contributed by atoms with Gasteiger partial charge < -0.3 is 5.32 Å². The normalized spacial score (nSPS) is 25.2. The molecule has 1 fully saturated rings. The Morgan fingerprint density at radius 1 is 1.22 bits per heavy atom. The Balaban J connectivity index is 1.74. The first-order valence-electron chi connectivity index (χ1n) is 6.74. The fraction of sp³-hybridized carbons (Fsp3) is 0.467. The highest BCUT2D eigenvalue weighted by atomic mass is 19.1. The van der Waals surface area contributed by atoms with Crippen LogP contribution in [0.5, 0.6) is 0 Å². The molecule has 18 heavy (non-hydrogen) atoms. The molecule has 2 nitrogen and oxygen atoms in total. The Kier molecular flexibility index (Phi) is 3.43. The molecule has 3 rings (SSSR count). The Morgan fingerprint density at radius 3 is 2.83 bits per heavy atom. The van der Waals surface area contributed by atoms with E-state index in [1.165, 1.54) is 18.1 Å². The van der Waals surface area contributed by atoms with E-state index in [0.29, 0.717) is 6.04 Å². The summed E-state index contributed by atoms with van der Waals surface area (Å²) in [5.74, 6) is -0.140. The molecule has 96 valence electrons. The molecule has 1 heterocycles. The molecule has 1 N–H and O–H groups in total. The molecule has 0 radical (unpaired) electrons. The van der Waals surface area contributed by atoms with E-state index < -0.39 is 0 Å². The van der Waals surface area contributed by atoms with Gasteiger partial charge in [-0.15, -0.1) is 0 Å². The van der Waals surface area contributed by atoms with Crippen molar-refractivity contribution >= 4 is 5.57 Å². The maximum Gasteiger partial charge on any atom is 0.123 e. The van der Waals surface area contributed by atoms with Crippen molar-refractivity contribution in [1.82, 2.24) is 10.2 Å². The summed E-state index contributed by atoms with van der Waals surface area (Å²) in [4.78, 5) is 2.53. The molecule has 1 aromatic carbocycles. The number of piperazine rings is 1. The predicted octanol–water partition coefficient (Wildman–Crippen LogP) is 2.28. The number of rotatable bonds is 2. The van der Waals surface area contributed by atoms with E-state index in [9.17, 15) is 4.39 Å². The lowest BCUT2D eigenvalue weighted by atomic mass is 10.1. The van der Waals surface area contributed by atoms with E-state index in [-0.39, 0.29) is 5.82 Å². The van der Waals surface area contributed by atoms with E-state index >= 15 is 0 Å². The first-order valence-corrected chi connectivity index (χ1v) is 6.74. The van der Waals surface area contributed by atoms with E-state index in [4.69, 9.17) is 0 Å². The van der Waals surface area contributed by atoms with Gasteiger partial charge >= 0.3 is 0 Å². The molecule has 0 bridgehead atoms. The number of allylic oxidation sites excluding steroid dienone is 1. The SMILES string of the molecule is Fc1cccc(C2=CC(N3CCNCC3)CC2)c1. The van der Waals surface area contributed by atoms with E-state index in [2.05, 4.69) is 16.3 Å². The molecule has 1 aliphatic heterocycles. The number of hydrogen-bond donors (Lipinski definition) is 1. The van der Waals surface area contributed by atoms with Gasteiger partial charge in [0.05, 0.1) is 0 Å². The fourth-order valence-corrected chi connectivity index (χ4v) is 2.93. The predicted molar refractivity (Wildman–Crippen MR) is 71.8 cm³/mol. The average molecular weight is 246 g/mol. The lowest BCUT2D eigenvalue weighted by molar-refractivity contribution is 0.200. The van der Waals surface area contributed by atoms with Crippen LogP contribution in [0.1, 0.15) is 18.4 Å². The zero-order chi connectivity index (χ0) is 12.4. The average Bonchev–Trinajstić information content (AvgIpc) is 2.89. The van der Waals surface area contributed by atoms with Crippen LogP contribution in [0.4, 0.5) is 4.39 Å². The zero-order valence-electron chi connectivity index (χ0n) is 10.5. The minimum atomic E-state index is -0.140. The maximum absolute atomic E-state index is 13.2. The van der Waals surface area contributed by atoms with Gasteiger partial charge in [-0.25, -0.2) is 4.39 Å². The van der Waals surface area contributed by atoms with Crippen LogP contribution in [0.3, 0.4) is 0 Å². The quantitative estimate of drug-likeness (QED) is 0.861. The number of halogens is 1.